The molecule has 1 aromatic carbocycles. The van der Waals surface area contributed by atoms with Crippen molar-refractivity contribution in [2.24, 2.45) is 5.92 Å². The molecule has 2 aromatic rings. The van der Waals surface area contributed by atoms with Gasteiger partial charge in [0, 0.05) is 17.8 Å². The highest BCUT2D eigenvalue weighted by molar-refractivity contribution is 7.88. The Morgan fingerprint density at radius 3 is 2.62 bits per heavy atom. The molecule has 1 aromatic heterocycles. The van der Waals surface area contributed by atoms with Crippen molar-refractivity contribution in [2.45, 2.75) is 30.7 Å². The second-order valence-electron chi connectivity index (χ2n) is 6.47. The monoisotopic (exact) mass is 380 g/mol. The number of aromatic nitrogens is 1. The predicted molar refractivity (Wildman–Crippen MR) is 94.4 cm³/mol. The molecule has 1 heterocycles. The summed E-state index contributed by atoms with van der Waals surface area (Å²) in [5.41, 5.74) is 0.792. The Morgan fingerprint density at radius 2 is 2.04 bits per heavy atom. The van der Waals surface area contributed by atoms with E-state index in [1.807, 2.05) is 0 Å². The average molecular weight is 380 g/mol. The zero-order valence-electron chi connectivity index (χ0n) is 14.3. The highest BCUT2D eigenvalue weighted by Crippen LogP contribution is 2.38. The number of nitrogens with zero attached hydrogens (tertiary/aromatic N) is 1. The molecule has 1 atom stereocenters. The SMILES string of the molecule is COc1ccc(C(NS(=O)(=O)Cc2ccccc2F)C2CC(O)C2)cn1. The minimum atomic E-state index is -3.79. The highest BCUT2D eigenvalue weighted by Gasteiger charge is 2.37. The van der Waals surface area contributed by atoms with Crippen molar-refractivity contribution in [1.29, 1.82) is 0 Å². The van der Waals surface area contributed by atoms with E-state index in [1.165, 1.54) is 25.3 Å². The smallest absolute Gasteiger partial charge is 0.216 e. The van der Waals surface area contributed by atoms with Crippen molar-refractivity contribution in [1.82, 2.24) is 9.71 Å². The Kier molecular flexibility index (Phi) is 5.55. The van der Waals surface area contributed by atoms with Gasteiger partial charge in [-0.2, -0.15) is 0 Å². The number of pyridine rings is 1. The Morgan fingerprint density at radius 1 is 1.31 bits per heavy atom. The first-order valence-corrected chi connectivity index (χ1v) is 9.94. The van der Waals surface area contributed by atoms with Crippen LogP contribution in [-0.2, 0) is 15.8 Å². The molecule has 1 fully saturated rings. The normalized spacial score (nSPS) is 21.0. The van der Waals surface area contributed by atoms with Gasteiger partial charge in [-0.3, -0.25) is 0 Å². The summed E-state index contributed by atoms with van der Waals surface area (Å²) in [4.78, 5) is 4.13. The molecule has 1 unspecified atom stereocenters. The van der Waals surface area contributed by atoms with E-state index in [9.17, 15) is 17.9 Å². The number of aliphatic hydroxyl groups excluding tert-OH is 1. The molecule has 1 aliphatic carbocycles. The Hall–Kier alpha value is -2.03. The first-order valence-electron chi connectivity index (χ1n) is 8.29. The number of hydrogen-bond acceptors (Lipinski definition) is 5. The Labute approximate surface area is 152 Å². The van der Waals surface area contributed by atoms with Gasteiger partial charge in [0.1, 0.15) is 5.82 Å². The topological polar surface area (TPSA) is 88.5 Å². The lowest BCUT2D eigenvalue weighted by atomic mass is 9.76. The molecule has 8 heteroatoms. The van der Waals surface area contributed by atoms with E-state index in [1.54, 1.807) is 24.4 Å². The number of ether oxygens (including phenoxy) is 1. The van der Waals surface area contributed by atoms with Crippen LogP contribution < -0.4 is 9.46 Å². The van der Waals surface area contributed by atoms with Crippen LogP contribution in [0.15, 0.2) is 42.6 Å². The van der Waals surface area contributed by atoms with Crippen LogP contribution in [0.4, 0.5) is 4.39 Å². The van der Waals surface area contributed by atoms with E-state index in [2.05, 4.69) is 9.71 Å². The number of aliphatic hydroxyl groups is 1. The average Bonchev–Trinajstić information content (AvgIpc) is 2.59. The lowest BCUT2D eigenvalue weighted by Crippen LogP contribution is -2.41. The molecule has 6 nitrogen and oxygen atoms in total. The van der Waals surface area contributed by atoms with Crippen LogP contribution in [0.5, 0.6) is 5.88 Å². The van der Waals surface area contributed by atoms with Crippen molar-refractivity contribution in [2.75, 3.05) is 7.11 Å². The second kappa shape index (κ2) is 7.69. The molecule has 1 saturated carbocycles. The summed E-state index contributed by atoms with van der Waals surface area (Å²) in [7, 11) is -2.29. The molecule has 140 valence electrons. The molecule has 0 spiro atoms. The van der Waals surface area contributed by atoms with E-state index in [0.717, 1.165) is 0 Å². The fourth-order valence-corrected chi connectivity index (χ4v) is 4.53. The van der Waals surface area contributed by atoms with Gasteiger partial charge in [-0.15, -0.1) is 0 Å². The molecule has 26 heavy (non-hydrogen) atoms. The Balaban J connectivity index is 1.81. The molecule has 0 radical (unpaired) electrons. The standard InChI is InChI=1S/C18H21FN2O4S/c1-25-17-7-6-12(10-20-17)18(14-8-15(22)9-14)21-26(23,24)11-13-4-2-3-5-16(13)19/h2-7,10,14-15,18,21-22H,8-9,11H2,1H3. The van der Waals surface area contributed by atoms with E-state index < -0.39 is 33.7 Å². The molecule has 1 aliphatic rings. The molecule has 0 saturated heterocycles. The highest BCUT2D eigenvalue weighted by atomic mass is 32.2. The minimum Gasteiger partial charge on any atom is -0.481 e. The number of halogens is 1. The van der Waals surface area contributed by atoms with E-state index >= 15 is 0 Å². The zero-order chi connectivity index (χ0) is 18.7. The van der Waals surface area contributed by atoms with Gasteiger partial charge in [0.15, 0.2) is 0 Å². The van der Waals surface area contributed by atoms with Crippen molar-refractivity contribution in [3.05, 3.63) is 59.5 Å². The fourth-order valence-electron chi connectivity index (χ4n) is 3.09. The van der Waals surface area contributed by atoms with Gasteiger partial charge in [-0.05, 0) is 30.4 Å². The summed E-state index contributed by atoms with van der Waals surface area (Å²) in [6.45, 7) is 0. The van der Waals surface area contributed by atoms with Crippen LogP contribution >= 0.6 is 0 Å². The number of hydrogen-bond donors (Lipinski definition) is 2. The van der Waals surface area contributed by atoms with Crippen LogP contribution in [-0.4, -0.2) is 31.7 Å². The predicted octanol–water partition coefficient (Wildman–Crippen LogP) is 2.16. The summed E-state index contributed by atoms with van der Waals surface area (Å²) in [6.07, 6.45) is 2.13. The number of methoxy groups -OCH3 is 1. The third-order valence-corrected chi connectivity index (χ3v) is 5.86. The summed E-state index contributed by atoms with van der Waals surface area (Å²) >= 11 is 0. The number of sulfonamides is 1. The van der Waals surface area contributed by atoms with Crippen LogP contribution in [0.3, 0.4) is 0 Å². The maximum atomic E-state index is 13.8. The van der Waals surface area contributed by atoms with Crippen molar-refractivity contribution in [3.8, 4) is 5.88 Å². The Bertz CT molecular complexity index is 852. The van der Waals surface area contributed by atoms with Gasteiger partial charge in [0.25, 0.3) is 0 Å². The number of nitrogens with one attached hydrogen (secondary N) is 1. The van der Waals surface area contributed by atoms with E-state index in [0.29, 0.717) is 24.3 Å². The second-order valence-corrected chi connectivity index (χ2v) is 8.22. The molecule has 0 bridgehead atoms. The zero-order valence-corrected chi connectivity index (χ0v) is 15.1. The third kappa shape index (κ3) is 4.38. The van der Waals surface area contributed by atoms with Crippen LogP contribution in [0.25, 0.3) is 0 Å². The lowest BCUT2D eigenvalue weighted by molar-refractivity contribution is 0.0279. The number of rotatable bonds is 7. The molecule has 0 aliphatic heterocycles. The maximum absolute atomic E-state index is 13.8. The largest absolute Gasteiger partial charge is 0.481 e. The number of benzene rings is 1. The van der Waals surface area contributed by atoms with Gasteiger partial charge >= 0.3 is 0 Å². The first-order chi connectivity index (χ1) is 12.4. The summed E-state index contributed by atoms with van der Waals surface area (Å²) in [6, 6.07) is 8.66. The molecule has 3 rings (SSSR count). The van der Waals surface area contributed by atoms with E-state index in [4.69, 9.17) is 4.74 Å². The molecule has 2 N–H and O–H groups in total. The van der Waals surface area contributed by atoms with Gasteiger partial charge in [-0.1, -0.05) is 24.3 Å². The molecule has 0 amide bonds. The van der Waals surface area contributed by atoms with Gasteiger partial charge in [0.2, 0.25) is 15.9 Å². The molecular weight excluding hydrogens is 359 g/mol. The summed E-state index contributed by atoms with van der Waals surface area (Å²) in [5, 5.41) is 9.60. The van der Waals surface area contributed by atoms with E-state index in [-0.39, 0.29) is 11.5 Å². The van der Waals surface area contributed by atoms with Crippen molar-refractivity contribution < 1.29 is 22.7 Å². The van der Waals surface area contributed by atoms with Crippen LogP contribution in [0, 0.1) is 11.7 Å². The first kappa shape index (κ1) is 18.8. The van der Waals surface area contributed by atoms with Crippen molar-refractivity contribution >= 4 is 10.0 Å². The maximum Gasteiger partial charge on any atom is 0.216 e. The van der Waals surface area contributed by atoms with Crippen LogP contribution in [0.2, 0.25) is 0 Å². The third-order valence-electron chi connectivity index (χ3n) is 4.56. The van der Waals surface area contributed by atoms with Gasteiger partial charge in [0.05, 0.1) is 25.0 Å². The fraction of sp³-hybridized carbons (Fsp3) is 0.389. The molecular formula is C18H21FN2O4S. The minimum absolute atomic E-state index is 0.0457. The van der Waals surface area contributed by atoms with Crippen molar-refractivity contribution in [3.63, 3.8) is 0 Å². The quantitative estimate of drug-likeness (QED) is 0.768. The van der Waals surface area contributed by atoms with Gasteiger partial charge < -0.3 is 9.84 Å². The van der Waals surface area contributed by atoms with Crippen LogP contribution in [0.1, 0.15) is 30.0 Å². The summed E-state index contributed by atoms with van der Waals surface area (Å²) in [5.74, 6) is -0.625. The van der Waals surface area contributed by atoms with Gasteiger partial charge in [-0.25, -0.2) is 22.5 Å². The summed E-state index contributed by atoms with van der Waals surface area (Å²) < 4.78 is 46.7. The lowest BCUT2D eigenvalue weighted by Gasteiger charge is -2.38.